The summed E-state index contributed by atoms with van der Waals surface area (Å²) >= 11 is 0. The van der Waals surface area contributed by atoms with Crippen LogP contribution in [0.3, 0.4) is 0 Å². The number of hydrogen-bond donors (Lipinski definition) is 4. The second-order valence-electron chi connectivity index (χ2n) is 6.29. The average molecular weight is 305 g/mol. The maximum atomic E-state index is 12.2. The Labute approximate surface area is 129 Å². The van der Waals surface area contributed by atoms with Crippen molar-refractivity contribution in [2.24, 2.45) is 5.92 Å². The minimum Gasteiger partial charge on any atom is -0.354 e. The van der Waals surface area contributed by atoms with E-state index < -0.39 is 0 Å². The van der Waals surface area contributed by atoms with Gasteiger partial charge >= 0.3 is 0 Å². The molecule has 1 aliphatic heterocycles. The summed E-state index contributed by atoms with van der Waals surface area (Å²) in [5.74, 6) is 1.14. The van der Waals surface area contributed by atoms with Crippen LogP contribution in [-0.4, -0.2) is 41.1 Å². The van der Waals surface area contributed by atoms with Crippen molar-refractivity contribution in [3.63, 3.8) is 0 Å². The zero-order valence-corrected chi connectivity index (χ0v) is 12.8. The highest BCUT2D eigenvalue weighted by atomic mass is 16.2. The molecule has 1 aromatic heterocycles. The van der Waals surface area contributed by atoms with Crippen LogP contribution in [0.15, 0.2) is 6.07 Å². The minimum absolute atomic E-state index is 0.0167. The lowest BCUT2D eigenvalue weighted by atomic mass is 9.78. The highest BCUT2D eigenvalue weighted by molar-refractivity contribution is 5.91. The molecule has 120 valence electrons. The summed E-state index contributed by atoms with van der Waals surface area (Å²) in [6, 6.07) is 2.17. The van der Waals surface area contributed by atoms with E-state index in [9.17, 15) is 9.59 Å². The molecule has 3 rings (SSSR count). The van der Waals surface area contributed by atoms with E-state index in [4.69, 9.17) is 0 Å². The van der Waals surface area contributed by atoms with Gasteiger partial charge in [0.05, 0.1) is 0 Å². The van der Waals surface area contributed by atoms with Crippen LogP contribution in [0.1, 0.15) is 44.2 Å². The summed E-state index contributed by atoms with van der Waals surface area (Å²) in [7, 11) is 0. The molecule has 0 aromatic carbocycles. The first-order chi connectivity index (χ1) is 10.6. The maximum Gasteiger partial charge on any atom is 0.228 e. The number of anilines is 1. The molecule has 2 heterocycles. The Kier molecular flexibility index (Phi) is 4.42. The maximum absolute atomic E-state index is 12.2. The Balaban J connectivity index is 1.49. The van der Waals surface area contributed by atoms with Crippen LogP contribution < -0.4 is 16.0 Å². The number of rotatable bonds is 4. The number of nitrogens with zero attached hydrogens (tertiary/aromatic N) is 1. The molecular weight excluding hydrogens is 282 g/mol. The predicted molar refractivity (Wildman–Crippen MR) is 82.4 cm³/mol. The van der Waals surface area contributed by atoms with Gasteiger partial charge in [-0.1, -0.05) is 0 Å². The normalized spacial score (nSPS) is 25.3. The Hall–Kier alpha value is -1.89. The van der Waals surface area contributed by atoms with Crippen molar-refractivity contribution in [1.82, 2.24) is 20.8 Å². The van der Waals surface area contributed by atoms with E-state index in [1.807, 2.05) is 6.07 Å². The van der Waals surface area contributed by atoms with Crippen LogP contribution in [0.5, 0.6) is 0 Å². The van der Waals surface area contributed by atoms with Gasteiger partial charge in [0.2, 0.25) is 11.8 Å². The lowest BCUT2D eigenvalue weighted by molar-refractivity contribution is -0.121. The highest BCUT2D eigenvalue weighted by Crippen LogP contribution is 2.36. The molecule has 4 N–H and O–H groups in total. The summed E-state index contributed by atoms with van der Waals surface area (Å²) in [5, 5.41) is 16.2. The molecule has 1 saturated carbocycles. The van der Waals surface area contributed by atoms with Gasteiger partial charge in [0.15, 0.2) is 5.82 Å². The topological polar surface area (TPSA) is 98.9 Å². The van der Waals surface area contributed by atoms with E-state index in [2.05, 4.69) is 26.1 Å². The van der Waals surface area contributed by atoms with Crippen molar-refractivity contribution in [1.29, 1.82) is 0 Å². The Morgan fingerprint density at radius 3 is 2.68 bits per heavy atom. The van der Waals surface area contributed by atoms with Crippen LogP contribution in [0, 0.1) is 5.92 Å². The summed E-state index contributed by atoms with van der Waals surface area (Å²) in [6.07, 6.45) is 3.60. The molecule has 1 saturated heterocycles. The lowest BCUT2D eigenvalue weighted by Crippen LogP contribution is -2.42. The molecule has 0 bridgehead atoms. The van der Waals surface area contributed by atoms with Crippen molar-refractivity contribution >= 4 is 17.6 Å². The summed E-state index contributed by atoms with van der Waals surface area (Å²) < 4.78 is 0. The van der Waals surface area contributed by atoms with E-state index in [0.29, 0.717) is 11.7 Å². The molecule has 0 unspecified atom stereocenters. The SMILES string of the molecule is CC(=O)NC1CC(c2cc(NC(=O)C3CCNCC3)n[nH]2)C1. The first kappa shape index (κ1) is 15.0. The average Bonchev–Trinajstić information content (AvgIpc) is 2.91. The van der Waals surface area contributed by atoms with Gasteiger partial charge in [0, 0.05) is 36.6 Å². The third-order valence-corrected chi connectivity index (χ3v) is 4.54. The highest BCUT2D eigenvalue weighted by Gasteiger charge is 2.32. The van der Waals surface area contributed by atoms with Gasteiger partial charge < -0.3 is 16.0 Å². The number of carbonyl (C=O) groups excluding carboxylic acids is 2. The van der Waals surface area contributed by atoms with Crippen molar-refractivity contribution in [2.45, 2.75) is 44.6 Å². The Morgan fingerprint density at radius 2 is 2.00 bits per heavy atom. The number of piperidine rings is 1. The van der Waals surface area contributed by atoms with E-state index in [0.717, 1.165) is 44.5 Å². The number of aromatic amines is 1. The molecular formula is C15H23N5O2. The van der Waals surface area contributed by atoms with Crippen LogP contribution in [0.25, 0.3) is 0 Å². The molecule has 22 heavy (non-hydrogen) atoms. The fraction of sp³-hybridized carbons (Fsp3) is 0.667. The Bertz CT molecular complexity index is 544. The van der Waals surface area contributed by atoms with Gasteiger partial charge in [-0.15, -0.1) is 0 Å². The van der Waals surface area contributed by atoms with Crippen LogP contribution in [0.4, 0.5) is 5.82 Å². The van der Waals surface area contributed by atoms with Crippen molar-refractivity contribution in [3.8, 4) is 0 Å². The molecule has 2 aliphatic rings. The van der Waals surface area contributed by atoms with Gasteiger partial charge in [-0.3, -0.25) is 14.7 Å². The van der Waals surface area contributed by atoms with E-state index in [1.165, 1.54) is 6.92 Å². The fourth-order valence-corrected chi connectivity index (χ4v) is 3.20. The van der Waals surface area contributed by atoms with E-state index >= 15 is 0 Å². The van der Waals surface area contributed by atoms with Gasteiger partial charge in [-0.25, -0.2) is 0 Å². The summed E-state index contributed by atoms with van der Waals surface area (Å²) in [6.45, 7) is 3.34. The lowest BCUT2D eigenvalue weighted by Gasteiger charge is -2.34. The number of hydrogen-bond acceptors (Lipinski definition) is 4. The number of amides is 2. The molecule has 1 aromatic rings. The molecule has 7 nitrogen and oxygen atoms in total. The van der Waals surface area contributed by atoms with Gasteiger partial charge in [0.25, 0.3) is 0 Å². The standard InChI is InChI=1S/C15H23N5O2/c1-9(21)17-12-6-11(7-12)13-8-14(20-19-13)18-15(22)10-2-4-16-5-3-10/h8,10-12,16H,2-7H2,1H3,(H,17,21)(H2,18,19,20,22). The van der Waals surface area contributed by atoms with Crippen LogP contribution in [-0.2, 0) is 9.59 Å². The number of aromatic nitrogens is 2. The fourth-order valence-electron chi connectivity index (χ4n) is 3.20. The third kappa shape index (κ3) is 3.47. The minimum atomic E-state index is 0.0167. The van der Waals surface area contributed by atoms with Gasteiger partial charge in [0.1, 0.15) is 0 Å². The van der Waals surface area contributed by atoms with Crippen molar-refractivity contribution < 1.29 is 9.59 Å². The van der Waals surface area contributed by atoms with Crippen LogP contribution >= 0.6 is 0 Å². The van der Waals surface area contributed by atoms with E-state index in [-0.39, 0.29) is 23.8 Å². The molecule has 1 aliphatic carbocycles. The quantitative estimate of drug-likeness (QED) is 0.659. The molecule has 0 radical (unpaired) electrons. The number of H-pyrrole nitrogens is 1. The summed E-state index contributed by atoms with van der Waals surface area (Å²) in [4.78, 5) is 23.1. The molecule has 7 heteroatoms. The summed E-state index contributed by atoms with van der Waals surface area (Å²) in [5.41, 5.74) is 1.03. The second-order valence-corrected chi connectivity index (χ2v) is 6.29. The number of carbonyl (C=O) groups is 2. The third-order valence-electron chi connectivity index (χ3n) is 4.54. The zero-order chi connectivity index (χ0) is 15.5. The van der Waals surface area contributed by atoms with Gasteiger partial charge in [-0.05, 0) is 38.8 Å². The number of nitrogens with one attached hydrogen (secondary N) is 4. The first-order valence-corrected chi connectivity index (χ1v) is 7.96. The molecule has 0 atom stereocenters. The Morgan fingerprint density at radius 1 is 1.27 bits per heavy atom. The van der Waals surface area contributed by atoms with Gasteiger partial charge in [-0.2, -0.15) is 5.10 Å². The second kappa shape index (κ2) is 6.48. The predicted octanol–water partition coefficient (Wildman–Crippen LogP) is 0.730. The smallest absolute Gasteiger partial charge is 0.228 e. The zero-order valence-electron chi connectivity index (χ0n) is 12.8. The monoisotopic (exact) mass is 305 g/mol. The molecule has 0 spiro atoms. The molecule has 2 fully saturated rings. The van der Waals surface area contributed by atoms with Crippen molar-refractivity contribution in [2.75, 3.05) is 18.4 Å². The van der Waals surface area contributed by atoms with Crippen LogP contribution in [0.2, 0.25) is 0 Å². The van der Waals surface area contributed by atoms with E-state index in [1.54, 1.807) is 0 Å². The first-order valence-electron chi connectivity index (χ1n) is 7.96. The van der Waals surface area contributed by atoms with Crippen molar-refractivity contribution in [3.05, 3.63) is 11.8 Å². The molecule has 2 amide bonds. The largest absolute Gasteiger partial charge is 0.354 e.